The maximum absolute atomic E-state index is 13.0. The number of carbonyl (C=O) groups excluding carboxylic acids is 1. The Morgan fingerprint density at radius 3 is 2.36 bits per heavy atom. The van der Waals surface area contributed by atoms with E-state index in [1.54, 1.807) is 12.1 Å². The molecule has 1 heterocycles. The number of hydrogen-bond donors (Lipinski definition) is 0. The molecule has 1 fully saturated rings. The first-order valence-electron chi connectivity index (χ1n) is 7.96. The van der Waals surface area contributed by atoms with E-state index in [4.69, 9.17) is 0 Å². The second-order valence-electron chi connectivity index (χ2n) is 6.35. The summed E-state index contributed by atoms with van der Waals surface area (Å²) in [6.07, 6.45) is -2.76. The Morgan fingerprint density at radius 2 is 1.80 bits per heavy atom. The highest BCUT2D eigenvalue weighted by molar-refractivity contribution is 5.82. The number of tetrazole rings is 1. The van der Waals surface area contributed by atoms with Crippen molar-refractivity contribution in [2.24, 2.45) is 0 Å². The van der Waals surface area contributed by atoms with Crippen molar-refractivity contribution in [1.29, 1.82) is 0 Å². The van der Waals surface area contributed by atoms with Crippen molar-refractivity contribution in [2.45, 2.75) is 44.3 Å². The lowest BCUT2D eigenvalue weighted by molar-refractivity contribution is -0.190. The maximum atomic E-state index is 13.0. The van der Waals surface area contributed by atoms with Crippen LogP contribution >= 0.6 is 0 Å². The molecule has 1 aliphatic carbocycles. The Morgan fingerprint density at radius 1 is 1.20 bits per heavy atom. The summed E-state index contributed by atoms with van der Waals surface area (Å²) in [6.45, 7) is 1.93. The Bertz CT molecular complexity index is 763. The van der Waals surface area contributed by atoms with E-state index in [-0.39, 0.29) is 5.82 Å². The van der Waals surface area contributed by atoms with Crippen molar-refractivity contribution in [3.05, 3.63) is 35.7 Å². The molecule has 0 N–H and O–H groups in total. The van der Waals surface area contributed by atoms with Gasteiger partial charge in [-0.3, -0.25) is 4.79 Å². The van der Waals surface area contributed by atoms with E-state index in [0.29, 0.717) is 31.4 Å². The molecule has 6 nitrogen and oxygen atoms in total. The van der Waals surface area contributed by atoms with Crippen molar-refractivity contribution >= 4 is 5.91 Å². The molecule has 0 saturated heterocycles. The van der Waals surface area contributed by atoms with Crippen LogP contribution < -0.4 is 0 Å². The fourth-order valence-electron chi connectivity index (χ4n) is 3.39. The van der Waals surface area contributed by atoms with Crippen molar-refractivity contribution in [3.63, 3.8) is 0 Å². The summed E-state index contributed by atoms with van der Waals surface area (Å²) in [7, 11) is 1.18. The standard InChI is InChI=1S/C16H18F3N5O/c1-11-5-7-12(8-6-11)24-13(20-21-22-24)15(9-3-4-10-15)23(2)14(25)16(17,18)19/h5-8H,3-4,9-10H2,1-2H3. The predicted octanol–water partition coefficient (Wildman–Crippen LogP) is 2.76. The molecule has 9 heteroatoms. The molecule has 0 spiro atoms. The van der Waals surface area contributed by atoms with Crippen LogP contribution in [-0.2, 0) is 10.3 Å². The van der Waals surface area contributed by atoms with E-state index >= 15 is 0 Å². The van der Waals surface area contributed by atoms with Crippen LogP contribution in [0, 0.1) is 6.92 Å². The summed E-state index contributed by atoms with van der Waals surface area (Å²) in [4.78, 5) is 12.6. The van der Waals surface area contributed by atoms with Gasteiger partial charge in [-0.1, -0.05) is 30.5 Å². The Labute approximate surface area is 142 Å². The minimum Gasteiger partial charge on any atom is -0.325 e. The van der Waals surface area contributed by atoms with Gasteiger partial charge >= 0.3 is 12.1 Å². The smallest absolute Gasteiger partial charge is 0.325 e. The lowest BCUT2D eigenvalue weighted by atomic mass is 9.93. The SMILES string of the molecule is Cc1ccc(-n2nnnc2C2(N(C)C(=O)C(F)(F)F)CCCC2)cc1. The van der Waals surface area contributed by atoms with Gasteiger partial charge in [0.25, 0.3) is 0 Å². The van der Waals surface area contributed by atoms with Crippen LogP contribution in [-0.4, -0.2) is 44.2 Å². The normalized spacial score (nSPS) is 16.8. The average Bonchev–Trinajstić information content (AvgIpc) is 3.23. The second-order valence-corrected chi connectivity index (χ2v) is 6.35. The topological polar surface area (TPSA) is 63.9 Å². The number of benzene rings is 1. The third-order valence-electron chi connectivity index (χ3n) is 4.78. The maximum Gasteiger partial charge on any atom is 0.471 e. The molecule has 1 aromatic carbocycles. The molecular formula is C16H18F3N5O. The third-order valence-corrected chi connectivity index (χ3v) is 4.78. The third kappa shape index (κ3) is 2.98. The number of carbonyl (C=O) groups is 1. The molecule has 2 aromatic rings. The van der Waals surface area contributed by atoms with Crippen molar-refractivity contribution in [3.8, 4) is 5.69 Å². The van der Waals surface area contributed by atoms with Gasteiger partial charge in [-0.25, -0.2) is 0 Å². The molecule has 0 radical (unpaired) electrons. The van der Waals surface area contributed by atoms with E-state index < -0.39 is 17.6 Å². The van der Waals surface area contributed by atoms with Gasteiger partial charge < -0.3 is 4.90 Å². The number of rotatable bonds is 3. The van der Waals surface area contributed by atoms with E-state index in [1.165, 1.54) is 11.7 Å². The monoisotopic (exact) mass is 353 g/mol. The number of halogens is 3. The molecular weight excluding hydrogens is 335 g/mol. The van der Waals surface area contributed by atoms with Gasteiger partial charge in [0.05, 0.1) is 5.69 Å². The molecule has 0 unspecified atom stereocenters. The highest BCUT2D eigenvalue weighted by Gasteiger charge is 2.52. The van der Waals surface area contributed by atoms with Gasteiger partial charge in [0, 0.05) is 7.05 Å². The number of aryl methyl sites for hydroxylation is 1. The van der Waals surface area contributed by atoms with Crippen LogP contribution in [0.25, 0.3) is 5.69 Å². The Kier molecular flexibility index (Phi) is 4.26. The van der Waals surface area contributed by atoms with Gasteiger partial charge in [-0.2, -0.15) is 17.9 Å². The van der Waals surface area contributed by atoms with Gasteiger partial charge in [0.2, 0.25) is 0 Å². The molecule has 25 heavy (non-hydrogen) atoms. The number of nitrogens with zero attached hydrogens (tertiary/aromatic N) is 5. The van der Waals surface area contributed by atoms with Gasteiger partial charge in [0.15, 0.2) is 5.82 Å². The number of hydrogen-bond acceptors (Lipinski definition) is 4. The van der Waals surface area contributed by atoms with Crippen LogP contribution in [0.2, 0.25) is 0 Å². The fourth-order valence-corrected chi connectivity index (χ4v) is 3.39. The van der Waals surface area contributed by atoms with Crippen LogP contribution in [0.15, 0.2) is 24.3 Å². The summed E-state index contributed by atoms with van der Waals surface area (Å²) in [5.74, 6) is -1.62. The summed E-state index contributed by atoms with van der Waals surface area (Å²) in [5, 5.41) is 11.6. The highest BCUT2D eigenvalue weighted by Crippen LogP contribution is 2.44. The number of amides is 1. The zero-order chi connectivity index (χ0) is 18.2. The van der Waals surface area contributed by atoms with Crippen LogP contribution in [0.3, 0.4) is 0 Å². The van der Waals surface area contributed by atoms with E-state index in [9.17, 15) is 18.0 Å². The Hall–Kier alpha value is -2.45. The van der Waals surface area contributed by atoms with Gasteiger partial charge in [0.1, 0.15) is 5.54 Å². The predicted molar refractivity (Wildman–Crippen MR) is 82.9 cm³/mol. The quantitative estimate of drug-likeness (QED) is 0.851. The number of alkyl halides is 3. The summed E-state index contributed by atoms with van der Waals surface area (Å²) >= 11 is 0. The van der Waals surface area contributed by atoms with E-state index in [0.717, 1.165) is 10.5 Å². The van der Waals surface area contributed by atoms with Crippen molar-refractivity contribution in [2.75, 3.05) is 7.05 Å². The molecule has 0 bridgehead atoms. The molecule has 1 aromatic heterocycles. The molecule has 1 aliphatic rings. The first-order valence-corrected chi connectivity index (χ1v) is 7.96. The van der Waals surface area contributed by atoms with E-state index in [2.05, 4.69) is 15.5 Å². The lowest BCUT2D eigenvalue weighted by Crippen LogP contribution is -2.51. The van der Waals surface area contributed by atoms with Crippen molar-refractivity contribution in [1.82, 2.24) is 25.1 Å². The molecule has 3 rings (SSSR count). The zero-order valence-electron chi connectivity index (χ0n) is 13.9. The van der Waals surface area contributed by atoms with Crippen LogP contribution in [0.1, 0.15) is 37.1 Å². The minimum absolute atomic E-state index is 0.258. The largest absolute Gasteiger partial charge is 0.471 e. The molecule has 0 atom stereocenters. The van der Waals surface area contributed by atoms with Gasteiger partial charge in [-0.05, 0) is 42.3 Å². The molecule has 1 saturated carbocycles. The first-order chi connectivity index (χ1) is 11.8. The van der Waals surface area contributed by atoms with Crippen LogP contribution in [0.4, 0.5) is 13.2 Å². The minimum atomic E-state index is -4.94. The summed E-state index contributed by atoms with van der Waals surface area (Å²) in [6, 6.07) is 7.33. The molecule has 1 amide bonds. The van der Waals surface area contributed by atoms with Crippen LogP contribution in [0.5, 0.6) is 0 Å². The van der Waals surface area contributed by atoms with E-state index in [1.807, 2.05) is 19.1 Å². The zero-order valence-corrected chi connectivity index (χ0v) is 13.9. The summed E-state index contributed by atoms with van der Waals surface area (Å²) in [5.41, 5.74) is 0.518. The first kappa shape index (κ1) is 17.4. The highest BCUT2D eigenvalue weighted by atomic mass is 19.4. The summed E-state index contributed by atoms with van der Waals surface area (Å²) < 4.78 is 40.4. The van der Waals surface area contributed by atoms with Gasteiger partial charge in [-0.15, -0.1) is 5.10 Å². The Balaban J connectivity index is 2.07. The second kappa shape index (κ2) is 6.12. The lowest BCUT2D eigenvalue weighted by Gasteiger charge is -2.37. The molecule has 0 aliphatic heterocycles. The molecule has 134 valence electrons. The number of aromatic nitrogens is 4. The fraction of sp³-hybridized carbons (Fsp3) is 0.500. The van der Waals surface area contributed by atoms with Crippen molar-refractivity contribution < 1.29 is 18.0 Å². The average molecular weight is 353 g/mol.